The van der Waals surface area contributed by atoms with Crippen molar-refractivity contribution in [1.29, 1.82) is 0 Å². The van der Waals surface area contributed by atoms with Gasteiger partial charge in [0.25, 0.3) is 0 Å². The number of carbonyl (C=O) groups excluding carboxylic acids is 1. The molecule has 6 nitrogen and oxygen atoms in total. The van der Waals surface area contributed by atoms with Crippen molar-refractivity contribution in [1.82, 2.24) is 9.88 Å². The van der Waals surface area contributed by atoms with E-state index in [0.717, 1.165) is 25.0 Å². The topological polar surface area (TPSA) is 60.9 Å². The Hall–Kier alpha value is -1.66. The van der Waals surface area contributed by atoms with Crippen LogP contribution in [0.5, 0.6) is 0 Å². The standard InChI is InChI=1S/C22H34N2O4/c1-15-7-10-23-19(22(26-6)9-12-27-14-22)18(15)17-8-11-24(16(2)13-17)20(25)28-21(3,4)5/h7,10,16-17H,8-9,11-14H2,1-6H3/t16-,17+,22?/m1/s1. The summed E-state index contributed by atoms with van der Waals surface area (Å²) in [5.41, 5.74) is 2.57. The minimum atomic E-state index is -0.478. The minimum absolute atomic E-state index is 0.111. The Bertz CT molecular complexity index is 707. The molecule has 0 radical (unpaired) electrons. The highest BCUT2D eigenvalue weighted by Gasteiger charge is 2.42. The summed E-state index contributed by atoms with van der Waals surface area (Å²) in [5.74, 6) is 0.338. The van der Waals surface area contributed by atoms with Gasteiger partial charge in [-0.05, 0) is 70.6 Å². The zero-order chi connectivity index (χ0) is 20.5. The molecule has 156 valence electrons. The normalized spacial score (nSPS) is 28.4. The fourth-order valence-corrected chi connectivity index (χ4v) is 4.46. The SMILES string of the molecule is COC1(c2nccc(C)c2[C@H]2CCN(C(=O)OC(C)(C)C)[C@H](C)C2)CCOC1. The van der Waals surface area contributed by atoms with Crippen LogP contribution in [0.4, 0.5) is 4.79 Å². The number of pyridine rings is 1. The van der Waals surface area contributed by atoms with Crippen molar-refractivity contribution < 1.29 is 19.0 Å². The number of piperidine rings is 1. The molecule has 0 saturated carbocycles. The second-order valence-electron chi connectivity index (χ2n) is 9.14. The Morgan fingerprint density at radius 1 is 1.39 bits per heavy atom. The van der Waals surface area contributed by atoms with Crippen LogP contribution in [0.2, 0.25) is 0 Å². The van der Waals surface area contributed by atoms with Crippen molar-refractivity contribution in [2.45, 2.75) is 77.0 Å². The molecule has 0 N–H and O–H groups in total. The lowest BCUT2D eigenvalue weighted by molar-refractivity contribution is -0.0261. The number of carbonyl (C=O) groups is 1. The molecule has 2 aliphatic heterocycles. The van der Waals surface area contributed by atoms with E-state index in [1.807, 2.05) is 31.9 Å². The summed E-state index contributed by atoms with van der Waals surface area (Å²) in [7, 11) is 1.75. The van der Waals surface area contributed by atoms with Gasteiger partial charge < -0.3 is 19.1 Å². The van der Waals surface area contributed by atoms with Crippen LogP contribution in [0.15, 0.2) is 12.3 Å². The molecular formula is C22H34N2O4. The first kappa shape index (κ1) is 21.1. The van der Waals surface area contributed by atoms with Gasteiger partial charge in [-0.15, -0.1) is 0 Å². The molecule has 2 fully saturated rings. The maximum atomic E-state index is 12.6. The average Bonchev–Trinajstić information content (AvgIpc) is 3.10. The predicted octanol–water partition coefficient (Wildman–Crippen LogP) is 4.16. The van der Waals surface area contributed by atoms with Crippen molar-refractivity contribution in [3.05, 3.63) is 29.1 Å². The van der Waals surface area contributed by atoms with Crippen LogP contribution in [0, 0.1) is 6.92 Å². The predicted molar refractivity (Wildman–Crippen MR) is 107 cm³/mol. The molecule has 6 heteroatoms. The maximum absolute atomic E-state index is 12.6. The Morgan fingerprint density at radius 3 is 2.71 bits per heavy atom. The third-order valence-electron chi connectivity index (χ3n) is 5.93. The summed E-state index contributed by atoms with van der Waals surface area (Å²) in [5, 5.41) is 0. The summed E-state index contributed by atoms with van der Waals surface area (Å²) in [6.07, 6.45) is 4.24. The zero-order valence-corrected chi connectivity index (χ0v) is 18.1. The molecule has 1 amide bonds. The molecule has 2 saturated heterocycles. The fraction of sp³-hybridized carbons (Fsp3) is 0.727. The van der Waals surface area contributed by atoms with E-state index in [1.54, 1.807) is 7.11 Å². The van der Waals surface area contributed by atoms with Crippen LogP contribution < -0.4 is 0 Å². The highest BCUT2D eigenvalue weighted by molar-refractivity contribution is 5.68. The number of amides is 1. The van der Waals surface area contributed by atoms with Crippen LogP contribution in [0.1, 0.15) is 69.7 Å². The molecule has 3 heterocycles. The molecule has 0 spiro atoms. The van der Waals surface area contributed by atoms with Crippen molar-refractivity contribution in [2.75, 3.05) is 26.9 Å². The van der Waals surface area contributed by atoms with Crippen LogP contribution in [0.25, 0.3) is 0 Å². The highest BCUT2D eigenvalue weighted by atomic mass is 16.6. The number of hydrogen-bond acceptors (Lipinski definition) is 5. The quantitative estimate of drug-likeness (QED) is 0.776. The van der Waals surface area contributed by atoms with Crippen molar-refractivity contribution in [3.63, 3.8) is 0 Å². The summed E-state index contributed by atoms with van der Waals surface area (Å²) < 4.78 is 17.2. The molecule has 1 unspecified atom stereocenters. The van der Waals surface area contributed by atoms with Gasteiger partial charge in [-0.1, -0.05) is 0 Å². The third kappa shape index (κ3) is 4.18. The number of likely N-dealkylation sites (tertiary alicyclic amines) is 1. The van der Waals surface area contributed by atoms with Crippen LogP contribution in [-0.2, 0) is 19.8 Å². The zero-order valence-electron chi connectivity index (χ0n) is 18.1. The first-order valence-corrected chi connectivity index (χ1v) is 10.3. The van der Waals surface area contributed by atoms with Crippen LogP contribution in [0.3, 0.4) is 0 Å². The molecule has 3 atom stereocenters. The molecule has 2 aliphatic rings. The van der Waals surface area contributed by atoms with Gasteiger partial charge in [0.15, 0.2) is 0 Å². The lowest BCUT2D eigenvalue weighted by Gasteiger charge is -2.40. The van der Waals surface area contributed by atoms with Crippen molar-refractivity contribution in [3.8, 4) is 0 Å². The Labute approximate surface area is 168 Å². The lowest BCUT2D eigenvalue weighted by Crippen LogP contribution is -2.46. The number of aromatic nitrogens is 1. The summed E-state index contributed by atoms with van der Waals surface area (Å²) in [4.78, 5) is 19.2. The van der Waals surface area contributed by atoms with Crippen LogP contribution >= 0.6 is 0 Å². The monoisotopic (exact) mass is 390 g/mol. The molecular weight excluding hydrogens is 356 g/mol. The van der Waals surface area contributed by atoms with Gasteiger partial charge in [0, 0.05) is 38.9 Å². The number of ether oxygens (including phenoxy) is 3. The van der Waals surface area contributed by atoms with Gasteiger partial charge in [-0.3, -0.25) is 4.98 Å². The number of rotatable bonds is 3. The fourth-order valence-electron chi connectivity index (χ4n) is 4.46. The van der Waals surface area contributed by atoms with Crippen molar-refractivity contribution >= 4 is 6.09 Å². The van der Waals surface area contributed by atoms with Gasteiger partial charge in [-0.2, -0.15) is 0 Å². The van der Waals surface area contributed by atoms with Crippen LogP contribution in [-0.4, -0.2) is 54.5 Å². The van der Waals surface area contributed by atoms with Gasteiger partial charge >= 0.3 is 6.09 Å². The van der Waals surface area contributed by atoms with E-state index in [4.69, 9.17) is 19.2 Å². The largest absolute Gasteiger partial charge is 0.444 e. The molecule has 3 rings (SSSR count). The van der Waals surface area contributed by atoms with E-state index in [2.05, 4.69) is 19.9 Å². The van der Waals surface area contributed by atoms with Gasteiger partial charge in [-0.25, -0.2) is 4.79 Å². The second-order valence-corrected chi connectivity index (χ2v) is 9.14. The molecule has 0 aromatic carbocycles. The molecule has 0 aliphatic carbocycles. The Kier molecular flexibility index (Phi) is 6.01. The second kappa shape index (κ2) is 7.99. The maximum Gasteiger partial charge on any atom is 0.410 e. The number of nitrogens with zero attached hydrogens (tertiary/aromatic N) is 2. The molecule has 28 heavy (non-hydrogen) atoms. The molecule has 0 bridgehead atoms. The van der Waals surface area contributed by atoms with E-state index < -0.39 is 11.2 Å². The summed E-state index contributed by atoms with van der Waals surface area (Å²) in [6.45, 7) is 11.9. The highest BCUT2D eigenvalue weighted by Crippen LogP contribution is 2.42. The molecule has 1 aromatic heterocycles. The lowest BCUT2D eigenvalue weighted by atomic mass is 9.79. The smallest absolute Gasteiger partial charge is 0.410 e. The first-order chi connectivity index (χ1) is 13.2. The van der Waals surface area contributed by atoms with Gasteiger partial charge in [0.1, 0.15) is 11.2 Å². The van der Waals surface area contributed by atoms with E-state index in [1.165, 1.54) is 11.1 Å². The Morgan fingerprint density at radius 2 is 2.14 bits per heavy atom. The minimum Gasteiger partial charge on any atom is -0.444 e. The summed E-state index contributed by atoms with van der Waals surface area (Å²) in [6, 6.07) is 2.18. The Balaban J connectivity index is 1.84. The third-order valence-corrected chi connectivity index (χ3v) is 5.93. The van der Waals surface area contributed by atoms with E-state index in [0.29, 0.717) is 25.7 Å². The average molecular weight is 391 g/mol. The van der Waals surface area contributed by atoms with E-state index in [9.17, 15) is 4.79 Å². The summed E-state index contributed by atoms with van der Waals surface area (Å²) >= 11 is 0. The van der Waals surface area contributed by atoms with Crippen molar-refractivity contribution in [2.24, 2.45) is 0 Å². The number of aryl methyl sites for hydroxylation is 1. The van der Waals surface area contributed by atoms with Gasteiger partial charge in [0.2, 0.25) is 0 Å². The van der Waals surface area contributed by atoms with Gasteiger partial charge in [0.05, 0.1) is 12.3 Å². The number of methoxy groups -OCH3 is 1. The first-order valence-electron chi connectivity index (χ1n) is 10.3. The number of hydrogen-bond donors (Lipinski definition) is 0. The molecule has 1 aromatic rings. The van der Waals surface area contributed by atoms with E-state index in [-0.39, 0.29) is 12.1 Å². The van der Waals surface area contributed by atoms with E-state index >= 15 is 0 Å².